The minimum absolute atomic E-state index is 1.33. The topological polar surface area (TPSA) is 49.6 Å². The summed E-state index contributed by atoms with van der Waals surface area (Å²) < 4.78 is 0. The Morgan fingerprint density at radius 2 is 1.78 bits per heavy atom. The van der Waals surface area contributed by atoms with Gasteiger partial charge in [-0.2, -0.15) is 0 Å². The van der Waals surface area contributed by atoms with E-state index in [2.05, 4.69) is 22.6 Å². The van der Waals surface area contributed by atoms with Crippen LogP contribution in [0, 0.1) is 10.7 Å². The maximum absolute atomic E-state index is 7.13. The third-order valence-electron chi connectivity index (χ3n) is 0.478. The SMILES string of the molecule is N#C[S-].c1cncnc1. The maximum atomic E-state index is 7.13. The molecule has 0 saturated carbocycles. The van der Waals surface area contributed by atoms with Gasteiger partial charge in [0.1, 0.15) is 6.33 Å². The molecule has 0 aliphatic carbocycles. The molecule has 0 aromatic carbocycles. The van der Waals surface area contributed by atoms with Crippen molar-refractivity contribution in [1.29, 1.82) is 5.26 Å². The van der Waals surface area contributed by atoms with Crippen LogP contribution in [0.25, 0.3) is 0 Å². The average molecular weight is 138 g/mol. The van der Waals surface area contributed by atoms with Gasteiger partial charge in [-0.15, -0.1) is 0 Å². The van der Waals surface area contributed by atoms with Crippen LogP contribution in [0.4, 0.5) is 0 Å². The highest BCUT2D eigenvalue weighted by molar-refractivity contribution is 7.64. The van der Waals surface area contributed by atoms with Crippen LogP contribution in [0.2, 0.25) is 0 Å². The molecule has 0 aliphatic heterocycles. The van der Waals surface area contributed by atoms with Gasteiger partial charge in [0.15, 0.2) is 0 Å². The summed E-state index contributed by atoms with van der Waals surface area (Å²) in [6.45, 7) is 0. The van der Waals surface area contributed by atoms with E-state index in [-0.39, 0.29) is 0 Å². The van der Waals surface area contributed by atoms with E-state index in [1.807, 2.05) is 0 Å². The molecule has 0 radical (unpaired) electrons. The molecule has 0 fully saturated rings. The molecule has 0 spiro atoms. The number of nitrogens with zero attached hydrogens (tertiary/aromatic N) is 3. The molecule has 1 heterocycles. The molecule has 3 nitrogen and oxygen atoms in total. The Labute approximate surface area is 58.8 Å². The molecular weight excluding hydrogens is 134 g/mol. The van der Waals surface area contributed by atoms with Crippen molar-refractivity contribution in [3.63, 3.8) is 0 Å². The minimum Gasteiger partial charge on any atom is -0.696 e. The number of hydrogen-bond donors (Lipinski definition) is 0. The number of rotatable bonds is 0. The molecule has 1 rings (SSSR count). The fourth-order valence-electron chi connectivity index (χ4n) is 0.253. The van der Waals surface area contributed by atoms with Crippen molar-refractivity contribution in [2.24, 2.45) is 0 Å². The summed E-state index contributed by atoms with van der Waals surface area (Å²) in [6.07, 6.45) is 4.88. The van der Waals surface area contributed by atoms with Gasteiger partial charge in [-0.1, -0.05) is 5.40 Å². The zero-order valence-electron chi connectivity index (χ0n) is 4.56. The van der Waals surface area contributed by atoms with Gasteiger partial charge in [0.2, 0.25) is 0 Å². The largest absolute Gasteiger partial charge is 0.696 e. The van der Waals surface area contributed by atoms with E-state index in [1.54, 1.807) is 18.5 Å². The Balaban J connectivity index is 0.000000187. The van der Waals surface area contributed by atoms with E-state index in [4.69, 9.17) is 5.26 Å². The second-order valence-electron chi connectivity index (χ2n) is 0.995. The van der Waals surface area contributed by atoms with E-state index in [1.165, 1.54) is 11.7 Å². The van der Waals surface area contributed by atoms with Crippen molar-refractivity contribution in [2.45, 2.75) is 0 Å². The molecule has 0 atom stereocenters. The molecule has 9 heavy (non-hydrogen) atoms. The number of hydrogen-bond acceptors (Lipinski definition) is 4. The molecule has 0 saturated heterocycles. The van der Waals surface area contributed by atoms with Crippen molar-refractivity contribution < 1.29 is 0 Å². The summed E-state index contributed by atoms with van der Waals surface area (Å²) in [5.41, 5.74) is 0. The van der Waals surface area contributed by atoms with Crippen LogP contribution in [0.1, 0.15) is 0 Å². The quantitative estimate of drug-likeness (QED) is 0.386. The van der Waals surface area contributed by atoms with E-state index in [0.29, 0.717) is 0 Å². The Kier molecular flexibility index (Phi) is 5.88. The fourth-order valence-corrected chi connectivity index (χ4v) is 0.253. The smallest absolute Gasteiger partial charge is 0.115 e. The maximum Gasteiger partial charge on any atom is 0.115 e. The van der Waals surface area contributed by atoms with Crippen LogP contribution in [-0.4, -0.2) is 9.97 Å². The Morgan fingerprint density at radius 1 is 1.33 bits per heavy atom. The van der Waals surface area contributed by atoms with Gasteiger partial charge in [0.05, 0.1) is 0 Å². The highest BCUT2D eigenvalue weighted by Crippen LogP contribution is 1.66. The van der Waals surface area contributed by atoms with Crippen molar-refractivity contribution >= 4 is 12.6 Å². The van der Waals surface area contributed by atoms with Crippen LogP contribution in [0.3, 0.4) is 0 Å². The van der Waals surface area contributed by atoms with Crippen LogP contribution in [-0.2, 0) is 12.6 Å². The summed E-state index contributed by atoms with van der Waals surface area (Å²) in [6, 6.07) is 1.78. The van der Waals surface area contributed by atoms with Crippen molar-refractivity contribution in [2.75, 3.05) is 0 Å². The number of nitriles is 1. The fraction of sp³-hybridized carbons (Fsp3) is 0. The van der Waals surface area contributed by atoms with Crippen molar-refractivity contribution in [3.8, 4) is 5.40 Å². The van der Waals surface area contributed by atoms with Gasteiger partial charge < -0.3 is 12.6 Å². The number of aromatic nitrogens is 2. The monoisotopic (exact) mass is 138 g/mol. The zero-order valence-corrected chi connectivity index (χ0v) is 5.38. The average Bonchev–Trinajstić information content (AvgIpc) is 1.93. The molecule has 0 amide bonds. The van der Waals surface area contributed by atoms with Gasteiger partial charge >= 0.3 is 0 Å². The van der Waals surface area contributed by atoms with E-state index >= 15 is 0 Å². The highest BCUT2D eigenvalue weighted by Gasteiger charge is 1.59. The van der Waals surface area contributed by atoms with E-state index in [9.17, 15) is 0 Å². The molecule has 4 heteroatoms. The molecule has 0 bridgehead atoms. The summed E-state index contributed by atoms with van der Waals surface area (Å²) in [5.74, 6) is 0. The number of thiocyanates is 1. The molecule has 0 N–H and O–H groups in total. The lowest BCUT2D eigenvalue weighted by molar-refractivity contribution is 1.17. The van der Waals surface area contributed by atoms with Gasteiger partial charge in [0.25, 0.3) is 0 Å². The van der Waals surface area contributed by atoms with E-state index in [0.717, 1.165) is 0 Å². The highest BCUT2D eigenvalue weighted by atomic mass is 32.1. The van der Waals surface area contributed by atoms with Crippen LogP contribution in [0.5, 0.6) is 0 Å². The molecule has 0 unspecified atom stereocenters. The standard InChI is InChI=1S/C4H4N2.CHNS/c1-2-5-4-6-3-1;2-1-3/h1-4H;3H/p-1. The first-order valence-electron chi connectivity index (χ1n) is 2.13. The van der Waals surface area contributed by atoms with Gasteiger partial charge in [-0.3, -0.25) is 0 Å². The lowest BCUT2D eigenvalue weighted by Crippen LogP contribution is -1.66. The first-order valence-corrected chi connectivity index (χ1v) is 2.54. The van der Waals surface area contributed by atoms with Crippen LogP contribution in [0.15, 0.2) is 24.8 Å². The Hall–Kier alpha value is -1.21. The van der Waals surface area contributed by atoms with Gasteiger partial charge in [0, 0.05) is 12.4 Å². The van der Waals surface area contributed by atoms with Crippen molar-refractivity contribution in [1.82, 2.24) is 9.97 Å². The molecule has 1 aromatic rings. The van der Waals surface area contributed by atoms with Gasteiger partial charge in [-0.25, -0.2) is 15.2 Å². The Bertz CT molecular complexity index is 143. The summed E-state index contributed by atoms with van der Waals surface area (Å²) in [7, 11) is 0. The minimum atomic E-state index is 1.33. The summed E-state index contributed by atoms with van der Waals surface area (Å²) in [5, 5.41) is 8.47. The first-order chi connectivity index (χ1) is 4.41. The third kappa shape index (κ3) is 6.79. The van der Waals surface area contributed by atoms with Crippen molar-refractivity contribution in [3.05, 3.63) is 24.8 Å². The molecule has 46 valence electrons. The molecule has 1 aromatic heterocycles. The van der Waals surface area contributed by atoms with Crippen LogP contribution < -0.4 is 0 Å². The normalized spacial score (nSPS) is 6.11. The lowest BCUT2D eigenvalue weighted by Gasteiger charge is -1.70. The zero-order chi connectivity index (χ0) is 6.95. The summed E-state index contributed by atoms with van der Waals surface area (Å²) >= 11 is 3.70. The second kappa shape index (κ2) is 6.79. The molecular formula is C5H4N3S-. The Morgan fingerprint density at radius 3 is 1.89 bits per heavy atom. The lowest BCUT2D eigenvalue weighted by atomic mass is 10.7. The summed E-state index contributed by atoms with van der Waals surface area (Å²) in [4.78, 5) is 7.35. The predicted octanol–water partition coefficient (Wildman–Crippen LogP) is 0.491. The predicted molar refractivity (Wildman–Crippen MR) is 35.0 cm³/mol. The van der Waals surface area contributed by atoms with Crippen LogP contribution >= 0.6 is 0 Å². The van der Waals surface area contributed by atoms with E-state index < -0.39 is 0 Å². The second-order valence-corrected chi connectivity index (χ2v) is 1.18. The first kappa shape index (κ1) is 7.79. The third-order valence-corrected chi connectivity index (χ3v) is 0.478. The molecule has 0 aliphatic rings. The van der Waals surface area contributed by atoms with Gasteiger partial charge in [-0.05, 0) is 6.07 Å².